The summed E-state index contributed by atoms with van der Waals surface area (Å²) < 4.78 is 0. The molecule has 7 heteroatoms. The molecule has 3 amide bonds. The third-order valence-electron chi connectivity index (χ3n) is 14.0. The molecular weight excluding hydrogens is 861 g/mol. The van der Waals surface area contributed by atoms with Gasteiger partial charge in [0.25, 0.3) is 0 Å². The van der Waals surface area contributed by atoms with Gasteiger partial charge in [0.15, 0.2) is 0 Å². The first-order valence-corrected chi connectivity index (χ1v) is 29.4. The van der Waals surface area contributed by atoms with Gasteiger partial charge in [0.2, 0.25) is 17.7 Å². The van der Waals surface area contributed by atoms with Crippen LogP contribution in [0.2, 0.25) is 0 Å². The van der Waals surface area contributed by atoms with Crippen molar-refractivity contribution >= 4 is 51.8 Å². The number of anilines is 6. The van der Waals surface area contributed by atoms with Crippen molar-refractivity contribution in [1.82, 2.24) is 0 Å². The fraction of sp³-hybridized carbons (Fsp3) is 0.667. The maximum Gasteiger partial charge on any atom is 0.224 e. The molecule has 3 rings (SSSR count). The molecule has 0 aromatic heterocycles. The van der Waals surface area contributed by atoms with Crippen molar-refractivity contribution in [1.29, 1.82) is 0 Å². The molecule has 0 aliphatic rings. The molecule has 0 aliphatic heterocycles. The maximum absolute atomic E-state index is 12.9. The van der Waals surface area contributed by atoms with Crippen molar-refractivity contribution in [3.8, 4) is 0 Å². The van der Waals surface area contributed by atoms with E-state index < -0.39 is 0 Å². The van der Waals surface area contributed by atoms with Crippen molar-refractivity contribution in [2.24, 2.45) is 0 Å². The van der Waals surface area contributed by atoms with E-state index in [2.05, 4.69) is 41.6 Å². The van der Waals surface area contributed by atoms with E-state index in [-0.39, 0.29) is 17.7 Å². The monoisotopic (exact) mass is 963 g/mol. The molecule has 3 aromatic carbocycles. The number of carbonyl (C=O) groups excluding carboxylic acids is 3. The third-order valence-corrected chi connectivity index (χ3v) is 14.0. The van der Waals surface area contributed by atoms with Crippen LogP contribution in [0.15, 0.2) is 72.8 Å². The minimum Gasteiger partial charge on any atom is -0.326 e. The summed E-state index contributed by atoms with van der Waals surface area (Å²) in [7, 11) is 0. The van der Waals surface area contributed by atoms with Crippen LogP contribution in [-0.4, -0.2) is 17.7 Å². The van der Waals surface area contributed by atoms with Crippen LogP contribution in [0, 0.1) is 0 Å². The number of nitrogens with one attached hydrogen (secondary N) is 3. The van der Waals surface area contributed by atoms with Gasteiger partial charge in [0.1, 0.15) is 0 Å². The zero-order chi connectivity index (χ0) is 50.0. The van der Waals surface area contributed by atoms with Gasteiger partial charge in [-0.25, -0.2) is 0 Å². The van der Waals surface area contributed by atoms with E-state index in [1.165, 1.54) is 193 Å². The van der Waals surface area contributed by atoms with Crippen LogP contribution < -0.4 is 20.9 Å². The summed E-state index contributed by atoms with van der Waals surface area (Å²) in [5.74, 6) is 0.179. The van der Waals surface area contributed by atoms with Crippen LogP contribution in [0.25, 0.3) is 0 Å². The van der Waals surface area contributed by atoms with Crippen molar-refractivity contribution in [3.63, 3.8) is 0 Å². The second-order valence-electron chi connectivity index (χ2n) is 20.5. The lowest BCUT2D eigenvalue weighted by molar-refractivity contribution is -0.117. The Balaban J connectivity index is 1.50. The zero-order valence-corrected chi connectivity index (χ0v) is 45.2. The van der Waals surface area contributed by atoms with Crippen LogP contribution in [0.4, 0.5) is 34.1 Å². The molecular formula is C63H102N4O3. The zero-order valence-electron chi connectivity index (χ0n) is 45.2. The van der Waals surface area contributed by atoms with Crippen molar-refractivity contribution in [2.75, 3.05) is 20.9 Å². The van der Waals surface area contributed by atoms with Crippen LogP contribution in [0.3, 0.4) is 0 Å². The lowest BCUT2D eigenvalue weighted by atomic mass is 10.0. The summed E-state index contributed by atoms with van der Waals surface area (Å²) in [6, 6.07) is 24.0. The first kappa shape index (κ1) is 60.2. The van der Waals surface area contributed by atoms with E-state index in [1.54, 1.807) is 0 Å². The van der Waals surface area contributed by atoms with E-state index in [0.717, 1.165) is 72.6 Å². The highest BCUT2D eigenvalue weighted by molar-refractivity contribution is 5.93. The largest absolute Gasteiger partial charge is 0.326 e. The Morgan fingerprint density at radius 1 is 0.271 bits per heavy atom. The van der Waals surface area contributed by atoms with Gasteiger partial charge in [-0.05, 0) is 92.1 Å². The van der Waals surface area contributed by atoms with Crippen molar-refractivity contribution < 1.29 is 14.4 Å². The smallest absolute Gasteiger partial charge is 0.224 e. The molecule has 0 saturated carbocycles. The van der Waals surface area contributed by atoms with Crippen molar-refractivity contribution in [3.05, 3.63) is 72.8 Å². The Kier molecular flexibility index (Phi) is 35.7. The van der Waals surface area contributed by atoms with Crippen LogP contribution >= 0.6 is 0 Å². The first-order valence-electron chi connectivity index (χ1n) is 29.4. The van der Waals surface area contributed by atoms with Gasteiger partial charge in [-0.3, -0.25) is 14.4 Å². The van der Waals surface area contributed by atoms with E-state index in [4.69, 9.17) is 0 Å². The lowest BCUT2D eigenvalue weighted by Crippen LogP contribution is -2.14. The molecule has 0 atom stereocenters. The van der Waals surface area contributed by atoms with Gasteiger partial charge in [-0.1, -0.05) is 233 Å². The summed E-state index contributed by atoms with van der Waals surface area (Å²) in [5.41, 5.74) is 5.16. The fourth-order valence-corrected chi connectivity index (χ4v) is 9.58. The van der Waals surface area contributed by atoms with E-state index >= 15 is 0 Å². The number of hydrogen-bond donors (Lipinski definition) is 3. The molecule has 0 bridgehead atoms. The average molecular weight is 964 g/mol. The molecule has 0 aliphatic carbocycles. The first-order chi connectivity index (χ1) is 34.4. The number of hydrogen-bond acceptors (Lipinski definition) is 4. The average Bonchev–Trinajstić information content (AvgIpc) is 3.36. The molecule has 0 spiro atoms. The second-order valence-corrected chi connectivity index (χ2v) is 20.5. The summed E-state index contributed by atoms with van der Waals surface area (Å²) in [6.07, 6.45) is 47.6. The molecule has 0 unspecified atom stereocenters. The van der Waals surface area contributed by atoms with E-state index in [0.29, 0.717) is 19.3 Å². The predicted molar refractivity (Wildman–Crippen MR) is 304 cm³/mol. The Hall–Kier alpha value is -4.13. The summed E-state index contributed by atoms with van der Waals surface area (Å²) in [4.78, 5) is 40.9. The highest BCUT2D eigenvalue weighted by Crippen LogP contribution is 2.36. The van der Waals surface area contributed by atoms with Gasteiger partial charge < -0.3 is 20.9 Å². The second kappa shape index (κ2) is 41.5. The van der Waals surface area contributed by atoms with E-state index in [9.17, 15) is 14.4 Å². The fourth-order valence-electron chi connectivity index (χ4n) is 9.58. The highest BCUT2D eigenvalue weighted by Gasteiger charge is 2.15. The topological polar surface area (TPSA) is 90.5 Å². The molecule has 7 nitrogen and oxygen atoms in total. The minimum atomic E-state index is 0.0598. The number of benzene rings is 3. The van der Waals surface area contributed by atoms with Gasteiger partial charge >= 0.3 is 0 Å². The molecule has 392 valence electrons. The van der Waals surface area contributed by atoms with E-state index in [1.807, 2.05) is 72.8 Å². The highest BCUT2D eigenvalue weighted by atomic mass is 16.2. The number of rotatable bonds is 45. The lowest BCUT2D eigenvalue weighted by Gasteiger charge is -2.26. The molecule has 3 N–H and O–H groups in total. The SMILES string of the molecule is CCCCCCCCCCCCCCC(=O)Nc1ccc(N(c2ccc(NC(=O)CCCCCCCCCCCCCC)cc2)c2ccc(NC(=O)CCCCCCCCCCCCCC)cc2)cc1. The standard InChI is InChI=1S/C63H102N4O3/c1-4-7-10-13-16-19-22-25-28-31-34-37-40-61(68)64-55-43-49-58(50-44-55)67(59-51-45-56(46-52-59)65-62(69)41-38-35-32-29-26-23-20-17-14-11-8-5-2)60-53-47-57(48-54-60)66-63(70)42-39-36-33-30-27-24-21-18-15-12-9-6-3/h43-54H,4-42H2,1-3H3,(H,64,68)(H,65,69)(H,66,70). The Bertz CT molecular complexity index is 1520. The minimum absolute atomic E-state index is 0.0598. The van der Waals surface area contributed by atoms with Gasteiger partial charge in [0.05, 0.1) is 0 Å². The molecule has 0 fully saturated rings. The van der Waals surface area contributed by atoms with Crippen LogP contribution in [0.1, 0.15) is 271 Å². The maximum atomic E-state index is 12.9. The number of nitrogens with zero attached hydrogens (tertiary/aromatic N) is 1. The van der Waals surface area contributed by atoms with Gasteiger partial charge in [0, 0.05) is 53.4 Å². The number of unbranched alkanes of at least 4 members (excludes halogenated alkanes) is 33. The Labute approximate surface area is 429 Å². The summed E-state index contributed by atoms with van der Waals surface area (Å²) in [6.45, 7) is 6.81. The van der Waals surface area contributed by atoms with Crippen LogP contribution in [0.5, 0.6) is 0 Å². The quantitative estimate of drug-likeness (QED) is 0.0492. The summed E-state index contributed by atoms with van der Waals surface area (Å²) in [5, 5.41) is 9.35. The van der Waals surface area contributed by atoms with Gasteiger partial charge in [-0.2, -0.15) is 0 Å². The molecule has 70 heavy (non-hydrogen) atoms. The number of amides is 3. The predicted octanol–water partition coefficient (Wildman–Crippen LogP) is 20.2. The summed E-state index contributed by atoms with van der Waals surface area (Å²) >= 11 is 0. The molecule has 0 saturated heterocycles. The normalized spacial score (nSPS) is 11.2. The Morgan fingerprint density at radius 2 is 0.443 bits per heavy atom. The molecule has 3 aromatic rings. The van der Waals surface area contributed by atoms with Gasteiger partial charge in [-0.15, -0.1) is 0 Å². The molecule has 0 heterocycles. The number of carbonyl (C=O) groups is 3. The van der Waals surface area contributed by atoms with Crippen molar-refractivity contribution in [2.45, 2.75) is 271 Å². The third kappa shape index (κ3) is 29.9. The Morgan fingerprint density at radius 3 is 0.629 bits per heavy atom. The van der Waals surface area contributed by atoms with Crippen LogP contribution in [-0.2, 0) is 14.4 Å². The molecule has 0 radical (unpaired) electrons.